The summed E-state index contributed by atoms with van der Waals surface area (Å²) in [7, 11) is 1.00. The van der Waals surface area contributed by atoms with E-state index in [1.165, 1.54) is 0 Å². The zero-order valence-corrected chi connectivity index (χ0v) is 82.0. The van der Waals surface area contributed by atoms with E-state index in [1.54, 1.807) is 148 Å². The molecule has 0 spiro atoms. The number of aliphatic hydroxyl groups excluding tert-OH is 1. The zero-order chi connectivity index (χ0) is 96.1. The number of pyridine rings is 2. The van der Waals surface area contributed by atoms with Crippen molar-refractivity contribution in [2.75, 3.05) is 177 Å². The first-order valence-electron chi connectivity index (χ1n) is 44.7. The van der Waals surface area contributed by atoms with Crippen molar-refractivity contribution in [2.45, 2.75) is 202 Å². The largest absolute Gasteiger partial charge is 0.458 e. The summed E-state index contributed by atoms with van der Waals surface area (Å²) in [6.45, 7) is 31.6. The Morgan fingerprint density at radius 1 is 0.450 bits per heavy atom. The number of nitrogens with zero attached hydrogens (tertiary/aromatic N) is 4. The highest BCUT2D eigenvalue weighted by Gasteiger charge is 2.44. The number of aromatic nitrogens is 2. The number of nitrogens with one attached hydrogen (secondary N) is 8. The smallest absolute Gasteiger partial charge is 0.415 e. The SMILES string of the molecule is CC(C)(COCCOCCCNC(=O)CCOCCOCCNC(=O)C1CCN(C(=O)Oc2ccc(C[C@H](NC(=O)[C@H]3NCSC3(C)C)C(=O)OC(C)(C)C)cc2)CC1)COCCOCCCNC(=O)CCOCCOCCNC(=O)C1CCN(C(=O)Oc2ccc(C[C@H](NC(=O)[C@H]3NCSC3(C)C)C(=O)OC(C)(C)C)cc2)CC1.CO.Sc1cccnc1.Sc1cccnc1. The van der Waals surface area contributed by atoms with Crippen molar-refractivity contribution < 1.29 is 110 Å². The molecule has 4 aliphatic rings. The molecular formula is C92H144N12O23S4. The molecule has 0 radical (unpaired) electrons. The van der Waals surface area contributed by atoms with Gasteiger partial charge in [0.15, 0.2) is 0 Å². The van der Waals surface area contributed by atoms with Crippen molar-refractivity contribution in [1.29, 1.82) is 0 Å². The van der Waals surface area contributed by atoms with Crippen molar-refractivity contribution >= 4 is 108 Å². The van der Waals surface area contributed by atoms with Gasteiger partial charge in [-0.05, 0) is 167 Å². The first-order valence-corrected chi connectivity index (χ1v) is 47.6. The summed E-state index contributed by atoms with van der Waals surface area (Å²) in [6.07, 6.45) is 9.79. The molecule has 9 N–H and O–H groups in total. The van der Waals surface area contributed by atoms with Gasteiger partial charge >= 0.3 is 24.1 Å². The average Bonchev–Trinajstić information content (AvgIpc) is 1.85. The molecule has 39 heteroatoms. The lowest BCUT2D eigenvalue weighted by Gasteiger charge is -2.30. The molecule has 0 unspecified atom stereocenters. The van der Waals surface area contributed by atoms with Crippen molar-refractivity contribution in [3.05, 3.63) is 109 Å². The summed E-state index contributed by atoms with van der Waals surface area (Å²) in [5, 5.41) is 30.7. The molecule has 4 aromatic rings. The molecule has 35 nitrogen and oxygen atoms in total. The number of carbonyl (C=O) groups is 10. The third-order valence-electron chi connectivity index (χ3n) is 20.2. The zero-order valence-electron chi connectivity index (χ0n) is 78.6. The van der Waals surface area contributed by atoms with Gasteiger partial charge < -0.3 is 104 Å². The maximum Gasteiger partial charge on any atom is 0.415 e. The van der Waals surface area contributed by atoms with Crippen molar-refractivity contribution in [3.63, 3.8) is 0 Å². The minimum atomic E-state index is -0.929. The predicted octanol–water partition coefficient (Wildman–Crippen LogP) is 7.96. The van der Waals surface area contributed by atoms with Crippen molar-refractivity contribution in [2.24, 2.45) is 17.3 Å². The number of amides is 8. The third kappa shape index (κ3) is 48.7. The Bertz CT molecular complexity index is 3740. The van der Waals surface area contributed by atoms with Crippen molar-refractivity contribution in [3.8, 4) is 11.5 Å². The fourth-order valence-electron chi connectivity index (χ4n) is 13.2. The Labute approximate surface area is 792 Å². The van der Waals surface area contributed by atoms with E-state index in [4.69, 9.17) is 61.9 Å². The molecule has 2 aromatic carbocycles. The van der Waals surface area contributed by atoms with Crippen LogP contribution in [-0.2, 0) is 98.6 Å². The maximum atomic E-state index is 13.3. The Morgan fingerprint density at radius 3 is 1.09 bits per heavy atom. The predicted molar refractivity (Wildman–Crippen MR) is 505 cm³/mol. The highest BCUT2D eigenvalue weighted by Crippen LogP contribution is 2.35. The van der Waals surface area contributed by atoms with Crippen LogP contribution in [-0.4, -0.2) is 306 Å². The molecule has 8 rings (SSSR count). The molecule has 6 heterocycles. The maximum absolute atomic E-state index is 13.3. The molecule has 2 aromatic heterocycles. The molecule has 4 atom stereocenters. The number of ether oxygens (including phenoxy) is 12. The molecule has 131 heavy (non-hydrogen) atoms. The molecule has 0 saturated carbocycles. The van der Waals surface area contributed by atoms with E-state index in [1.807, 2.05) is 52.0 Å². The topological polar surface area (TPSA) is 430 Å². The van der Waals surface area contributed by atoms with Crippen LogP contribution in [0.25, 0.3) is 0 Å². The van der Waals surface area contributed by atoms with Crippen LogP contribution in [0, 0.1) is 17.3 Å². The number of piperidine rings is 2. The van der Waals surface area contributed by atoms with Gasteiger partial charge in [-0.25, -0.2) is 19.2 Å². The molecule has 8 amide bonds. The Morgan fingerprint density at radius 2 is 0.786 bits per heavy atom. The van der Waals surface area contributed by atoms with Gasteiger partial charge in [0.2, 0.25) is 35.4 Å². The van der Waals surface area contributed by atoms with Gasteiger partial charge in [-0.15, -0.1) is 48.8 Å². The number of thioether (sulfide) groups is 2. The number of aliphatic hydroxyl groups is 1. The van der Waals surface area contributed by atoms with Gasteiger partial charge in [0.05, 0.1) is 92.5 Å². The fraction of sp³-hybridized carbons (Fsp3) is 0.652. The summed E-state index contributed by atoms with van der Waals surface area (Å²) in [4.78, 5) is 142. The Hall–Kier alpha value is -8.00. The van der Waals surface area contributed by atoms with E-state index in [0.717, 1.165) is 28.0 Å². The lowest BCUT2D eigenvalue weighted by Crippen LogP contribution is -2.55. The van der Waals surface area contributed by atoms with Gasteiger partial charge in [-0.3, -0.25) is 49.4 Å². The Kier molecular flexibility index (Phi) is 53.6. The monoisotopic (exact) mass is 1910 g/mol. The summed E-state index contributed by atoms with van der Waals surface area (Å²) >= 11 is 11.3. The summed E-state index contributed by atoms with van der Waals surface area (Å²) < 4.78 is 67.2. The average molecular weight is 1910 g/mol. The molecule has 4 aliphatic heterocycles. The molecular weight excluding hydrogens is 1770 g/mol. The van der Waals surface area contributed by atoms with E-state index in [-0.39, 0.29) is 101 Å². The molecule has 0 aliphatic carbocycles. The van der Waals surface area contributed by atoms with Gasteiger partial charge in [0.1, 0.15) is 46.9 Å². The second-order valence-electron chi connectivity index (χ2n) is 35.1. The number of esters is 2. The third-order valence-corrected chi connectivity index (χ3v) is 23.3. The second kappa shape index (κ2) is 61.8. The first kappa shape index (κ1) is 114. The number of thiol groups is 2. The van der Waals surface area contributed by atoms with Gasteiger partial charge in [-0.1, -0.05) is 38.1 Å². The standard InChI is InChI=1S/C81H130N10O22S2.2C5H5NS.CH4O/c1-77(2,3)112-73(98)63(88-71(96)67-80(9,10)114-55-86-67)51-57-15-19-61(20-16-57)110-75(100)90-33-23-59(24-34-90)69(94)84-31-41-106-45-43-104-39-27-65(92)82-29-13-37-102-47-49-108-53-79(7,8)54-109-50-48-103-38-14-30-83-66(93)28-40-105-44-46-107-42-32-85-70(95)60-25-35-91(36-26-60)76(101)111-62-21-17-58(18-22-62)52-64(74(99)113-78(4,5)6)89-72(97)68-81(11,12)115-56-87-68;2*7-5-2-1-3-6-4-5;1-2/h15-22,59-60,63-64,67-68,86-87H,13-14,23-56H2,1-12H3,(H,82,92)(H,83,93)(H,84,94)(H,85,95)(H,88,96)(H,89,97);2*1-4,7H;2H,1H3/t63-,64-,67+,68+;;;/m0.../s1. The molecule has 4 saturated heterocycles. The number of rotatable bonds is 50. The van der Waals surface area contributed by atoms with Crippen LogP contribution in [0.5, 0.6) is 11.5 Å². The first-order chi connectivity index (χ1) is 62.4. The number of likely N-dealkylation sites (tertiary alicyclic amines) is 2. The lowest BCUT2D eigenvalue weighted by atomic mass is 9.96. The minimum Gasteiger partial charge on any atom is -0.458 e. The van der Waals surface area contributed by atoms with E-state index in [0.29, 0.717) is 207 Å². The highest BCUT2D eigenvalue weighted by atomic mass is 32.2. The number of carbonyl (C=O) groups excluding carboxylic acids is 10. The summed E-state index contributed by atoms with van der Waals surface area (Å²) in [5.41, 5.74) is -0.239. The van der Waals surface area contributed by atoms with Crippen molar-refractivity contribution in [1.82, 2.24) is 62.3 Å². The van der Waals surface area contributed by atoms with Crippen LogP contribution in [0.4, 0.5) is 9.59 Å². The van der Waals surface area contributed by atoms with E-state index < -0.39 is 59.5 Å². The van der Waals surface area contributed by atoms with Crippen LogP contribution in [0.15, 0.2) is 107 Å². The van der Waals surface area contributed by atoms with E-state index >= 15 is 0 Å². The lowest BCUT2D eigenvalue weighted by molar-refractivity contribution is -0.159. The van der Waals surface area contributed by atoms with Crippen LogP contribution >= 0.6 is 48.8 Å². The van der Waals surface area contributed by atoms with Gasteiger partial charge in [-0.2, -0.15) is 0 Å². The van der Waals surface area contributed by atoms with Gasteiger partial charge in [0, 0.05) is 171 Å². The summed E-state index contributed by atoms with van der Waals surface area (Å²) in [6, 6.07) is 18.2. The Balaban J connectivity index is 0.00000171. The van der Waals surface area contributed by atoms with E-state index in [2.05, 4.69) is 91.6 Å². The van der Waals surface area contributed by atoms with Crippen LogP contribution in [0.1, 0.15) is 146 Å². The van der Waals surface area contributed by atoms with E-state index in [9.17, 15) is 47.9 Å². The van der Waals surface area contributed by atoms with Crippen LogP contribution in [0.2, 0.25) is 0 Å². The normalized spacial score (nSPS) is 16.5. The molecule has 4 fully saturated rings. The molecule has 734 valence electrons. The fourth-order valence-corrected chi connectivity index (χ4v) is 15.5. The van der Waals surface area contributed by atoms with Gasteiger partial charge in [0.25, 0.3) is 0 Å². The number of hydrogen-bond acceptors (Lipinski definition) is 31. The van der Waals surface area contributed by atoms with Crippen LogP contribution in [0.3, 0.4) is 0 Å². The molecule has 0 bridgehead atoms. The minimum absolute atomic E-state index is 0.103. The highest BCUT2D eigenvalue weighted by molar-refractivity contribution is 8.01. The number of hydrogen-bond donors (Lipinski definition) is 11. The second-order valence-corrected chi connectivity index (χ2v) is 39.3. The van der Waals surface area contributed by atoms with Crippen LogP contribution < -0.4 is 52.0 Å². The number of benzene rings is 2. The summed E-state index contributed by atoms with van der Waals surface area (Å²) in [5.74, 6) is -0.694. The quantitative estimate of drug-likeness (QED) is 0.0113.